The van der Waals surface area contributed by atoms with Gasteiger partial charge >= 0.3 is 0 Å². The van der Waals surface area contributed by atoms with Gasteiger partial charge in [-0.3, -0.25) is 0 Å². The first-order chi connectivity index (χ1) is 12.2. The Bertz CT molecular complexity index is 922. The van der Waals surface area contributed by atoms with E-state index in [1.165, 1.54) is 12.5 Å². The molecule has 0 fully saturated rings. The number of rotatable bonds is 5. The van der Waals surface area contributed by atoms with Crippen LogP contribution in [0.2, 0.25) is 0 Å². The number of aromatic nitrogens is 3. The first-order valence-electron chi connectivity index (χ1n) is 8.42. The van der Waals surface area contributed by atoms with Gasteiger partial charge in [0.15, 0.2) is 15.5 Å². The largest absolute Gasteiger partial charge is 0.346 e. The molecule has 0 aliphatic carbocycles. The van der Waals surface area contributed by atoms with Crippen molar-refractivity contribution in [3.8, 4) is 0 Å². The summed E-state index contributed by atoms with van der Waals surface area (Å²) in [5.74, 6) is 0.614. The molecule has 2 aromatic heterocycles. The van der Waals surface area contributed by atoms with Crippen molar-refractivity contribution in [2.24, 2.45) is 0 Å². The molecule has 6 nitrogen and oxygen atoms in total. The average Bonchev–Trinajstić information content (AvgIpc) is 2.99. The van der Waals surface area contributed by atoms with Gasteiger partial charge in [0.1, 0.15) is 0 Å². The van der Waals surface area contributed by atoms with E-state index >= 15 is 0 Å². The van der Waals surface area contributed by atoms with Crippen molar-refractivity contribution in [3.63, 3.8) is 0 Å². The first kappa shape index (κ1) is 21.6. The fourth-order valence-corrected chi connectivity index (χ4v) is 2.68. The van der Waals surface area contributed by atoms with Crippen LogP contribution >= 0.6 is 0 Å². The summed E-state index contributed by atoms with van der Waals surface area (Å²) < 4.78 is 25.1. The van der Waals surface area contributed by atoms with Crippen LogP contribution in [0, 0.1) is 0 Å². The number of hydrogen-bond donors (Lipinski definition) is 0. The van der Waals surface area contributed by atoms with E-state index in [9.17, 15) is 8.42 Å². The summed E-state index contributed by atoms with van der Waals surface area (Å²) in [6.07, 6.45) is 9.03. The lowest BCUT2D eigenvalue weighted by Gasteiger charge is -2.05. The number of anilines is 1. The maximum absolute atomic E-state index is 11.7. The van der Waals surface area contributed by atoms with Gasteiger partial charge in [0.2, 0.25) is 5.95 Å². The Balaban J connectivity index is 0.00000105. The predicted octanol–water partition coefficient (Wildman–Crippen LogP) is 3.73. The second-order valence-electron chi connectivity index (χ2n) is 6.00. The zero-order valence-electron chi connectivity index (χ0n) is 16.4. The van der Waals surface area contributed by atoms with Crippen molar-refractivity contribution in [2.75, 3.05) is 25.3 Å². The molecule has 0 aliphatic rings. The summed E-state index contributed by atoms with van der Waals surface area (Å²) in [5.41, 5.74) is 2.34. The third-order valence-corrected chi connectivity index (χ3v) is 4.43. The number of allylic oxidation sites excluding steroid dienone is 4. The average molecular weight is 377 g/mol. The number of sulfone groups is 1. The smallest absolute Gasteiger partial charge is 0.245 e. The Hall–Kier alpha value is -2.41. The van der Waals surface area contributed by atoms with Crippen molar-refractivity contribution in [2.45, 2.75) is 27.2 Å². The highest BCUT2D eigenvalue weighted by Gasteiger charge is 2.10. The monoisotopic (exact) mass is 376 g/mol. The predicted molar refractivity (Wildman–Crippen MR) is 110 cm³/mol. The highest BCUT2D eigenvalue weighted by atomic mass is 32.2. The third kappa shape index (κ3) is 5.56. The Morgan fingerprint density at radius 1 is 1.31 bits per heavy atom. The Kier molecular flexibility index (Phi) is 7.76. The summed E-state index contributed by atoms with van der Waals surface area (Å²) in [6, 6.07) is 3.74. The summed E-state index contributed by atoms with van der Waals surface area (Å²) in [5, 5.41) is 4.38. The zero-order chi connectivity index (χ0) is 19.9. The molecule has 2 rings (SSSR count). The van der Waals surface area contributed by atoms with E-state index in [0.717, 1.165) is 23.0 Å². The Morgan fingerprint density at radius 2 is 1.92 bits per heavy atom. The van der Waals surface area contributed by atoms with E-state index in [1.54, 1.807) is 10.6 Å². The molecule has 0 N–H and O–H groups in total. The molecule has 0 bridgehead atoms. The van der Waals surface area contributed by atoms with Gasteiger partial charge in [0, 0.05) is 26.5 Å². The minimum Gasteiger partial charge on any atom is -0.346 e. The number of fused-ring (bicyclic) bond motifs is 1. The van der Waals surface area contributed by atoms with Crippen LogP contribution in [-0.4, -0.2) is 43.4 Å². The van der Waals surface area contributed by atoms with Crippen LogP contribution < -0.4 is 4.90 Å². The number of nitrogens with zero attached hydrogens (tertiary/aromatic N) is 4. The highest BCUT2D eigenvalue weighted by Crippen LogP contribution is 2.21. The highest BCUT2D eigenvalue weighted by molar-refractivity contribution is 7.94. The molecule has 0 amide bonds. The van der Waals surface area contributed by atoms with Crippen molar-refractivity contribution in [1.29, 1.82) is 0 Å². The Morgan fingerprint density at radius 3 is 2.38 bits per heavy atom. The SMILES string of the molecule is C=C/C(=C\C(=C/C)c1ccc2nc(N(C)C)nn2c1)S(C)(=O)=O.CCC. The van der Waals surface area contributed by atoms with E-state index in [2.05, 4.69) is 30.5 Å². The van der Waals surface area contributed by atoms with Crippen LogP contribution in [0.5, 0.6) is 0 Å². The maximum Gasteiger partial charge on any atom is 0.245 e. The molecule has 0 aliphatic heterocycles. The zero-order valence-corrected chi connectivity index (χ0v) is 17.2. The molecule has 2 heterocycles. The Labute approximate surface area is 156 Å². The molecule has 0 saturated carbocycles. The van der Waals surface area contributed by atoms with E-state index in [-0.39, 0.29) is 4.91 Å². The standard InChI is InChI=1S/C16H20N4O2S.C3H8/c1-6-12(10-14(7-2)23(5,21)22)13-8-9-15-17-16(19(3)4)18-20(15)11-13;1-3-2/h6-11H,2H2,1,3-5H3;3H2,1-2H3/b12-6+,14-10+;. The second kappa shape index (κ2) is 9.33. The van der Waals surface area contributed by atoms with Gasteiger partial charge in [-0.15, -0.1) is 5.10 Å². The molecule has 0 radical (unpaired) electrons. The van der Waals surface area contributed by atoms with Gasteiger partial charge in [-0.25, -0.2) is 12.9 Å². The van der Waals surface area contributed by atoms with Gasteiger partial charge in [-0.2, -0.15) is 4.98 Å². The molecule has 0 aromatic carbocycles. The quantitative estimate of drug-likeness (QED) is 0.744. The molecule has 0 atom stereocenters. The summed E-state index contributed by atoms with van der Waals surface area (Å²) in [7, 11) is 0.430. The molecular weight excluding hydrogens is 348 g/mol. The molecule has 142 valence electrons. The topological polar surface area (TPSA) is 67.6 Å². The van der Waals surface area contributed by atoms with Gasteiger partial charge < -0.3 is 4.90 Å². The first-order valence-corrected chi connectivity index (χ1v) is 10.3. The minimum absolute atomic E-state index is 0.179. The van der Waals surface area contributed by atoms with Crippen LogP contribution in [0.15, 0.2) is 48.0 Å². The van der Waals surface area contributed by atoms with Gasteiger partial charge in [-0.05, 0) is 36.3 Å². The summed E-state index contributed by atoms with van der Waals surface area (Å²) in [6.45, 7) is 9.68. The molecular formula is C19H28N4O2S. The van der Waals surface area contributed by atoms with Crippen LogP contribution in [0.25, 0.3) is 11.2 Å². The second-order valence-corrected chi connectivity index (χ2v) is 8.02. The maximum atomic E-state index is 11.7. The van der Waals surface area contributed by atoms with Crippen LogP contribution in [0.1, 0.15) is 32.8 Å². The number of hydrogen-bond acceptors (Lipinski definition) is 5. The lowest BCUT2D eigenvalue weighted by atomic mass is 10.1. The summed E-state index contributed by atoms with van der Waals surface area (Å²) in [4.78, 5) is 6.39. The van der Waals surface area contributed by atoms with E-state index < -0.39 is 9.84 Å². The van der Waals surface area contributed by atoms with Gasteiger partial charge in [0.25, 0.3) is 0 Å². The van der Waals surface area contributed by atoms with E-state index in [0.29, 0.717) is 5.95 Å². The van der Waals surface area contributed by atoms with Crippen LogP contribution in [0.4, 0.5) is 5.95 Å². The van der Waals surface area contributed by atoms with Crippen molar-refractivity contribution >= 4 is 27.0 Å². The fourth-order valence-electron chi connectivity index (χ4n) is 2.04. The van der Waals surface area contributed by atoms with Crippen LogP contribution in [0.3, 0.4) is 0 Å². The normalized spacial score (nSPS) is 12.5. The van der Waals surface area contributed by atoms with Crippen molar-refractivity contribution in [1.82, 2.24) is 14.6 Å². The van der Waals surface area contributed by atoms with Crippen LogP contribution in [-0.2, 0) is 9.84 Å². The lowest BCUT2D eigenvalue weighted by Crippen LogP contribution is -2.10. The van der Waals surface area contributed by atoms with E-state index in [1.807, 2.05) is 50.3 Å². The third-order valence-electron chi connectivity index (χ3n) is 3.29. The molecule has 0 spiro atoms. The molecule has 26 heavy (non-hydrogen) atoms. The molecule has 2 aromatic rings. The van der Waals surface area contributed by atoms with Crippen molar-refractivity contribution < 1.29 is 8.42 Å². The number of pyridine rings is 1. The van der Waals surface area contributed by atoms with Gasteiger partial charge in [0.05, 0.1) is 4.91 Å². The van der Waals surface area contributed by atoms with Crippen molar-refractivity contribution in [3.05, 3.63) is 53.6 Å². The fraction of sp³-hybridized carbons (Fsp3) is 0.368. The molecule has 0 unspecified atom stereocenters. The molecule has 0 saturated heterocycles. The lowest BCUT2D eigenvalue weighted by molar-refractivity contribution is 0.608. The summed E-state index contributed by atoms with van der Waals surface area (Å²) >= 11 is 0. The van der Waals surface area contributed by atoms with Gasteiger partial charge in [-0.1, -0.05) is 39.0 Å². The minimum atomic E-state index is -3.32. The molecule has 7 heteroatoms. The van der Waals surface area contributed by atoms with E-state index in [4.69, 9.17) is 0 Å².